The zero-order valence-corrected chi connectivity index (χ0v) is 19.6. The third-order valence-corrected chi connectivity index (χ3v) is 6.76. The number of carbonyl (C=O) groups is 2. The summed E-state index contributed by atoms with van der Waals surface area (Å²) in [4.78, 5) is 34.7. The SMILES string of the molecule is Nc1ncc(-c2cccc(C(=O)N[C@H]3CCc4ccccc43)c2)nc1C(=O)NC1CCCCNC1. The first-order chi connectivity index (χ1) is 17.1. The van der Waals surface area contributed by atoms with Crippen molar-refractivity contribution >= 4 is 17.6 Å². The molecule has 1 saturated heterocycles. The highest BCUT2D eigenvalue weighted by Crippen LogP contribution is 2.31. The Hall–Kier alpha value is -3.78. The van der Waals surface area contributed by atoms with Crippen LogP contribution in [0, 0.1) is 0 Å². The predicted molar refractivity (Wildman–Crippen MR) is 135 cm³/mol. The van der Waals surface area contributed by atoms with E-state index in [1.807, 2.05) is 24.3 Å². The minimum Gasteiger partial charge on any atom is -0.382 e. The maximum atomic E-state index is 13.0. The molecule has 2 amide bonds. The number of anilines is 1. The smallest absolute Gasteiger partial charge is 0.274 e. The fourth-order valence-electron chi connectivity index (χ4n) is 4.87. The second kappa shape index (κ2) is 10.2. The summed E-state index contributed by atoms with van der Waals surface area (Å²) in [5.74, 6) is -0.392. The maximum absolute atomic E-state index is 13.0. The van der Waals surface area contributed by atoms with Gasteiger partial charge in [0.15, 0.2) is 11.5 Å². The molecule has 2 aromatic carbocycles. The number of nitrogens with one attached hydrogen (secondary N) is 3. The van der Waals surface area contributed by atoms with E-state index in [4.69, 9.17) is 5.73 Å². The van der Waals surface area contributed by atoms with Gasteiger partial charge in [-0.15, -0.1) is 0 Å². The van der Waals surface area contributed by atoms with Gasteiger partial charge in [-0.3, -0.25) is 9.59 Å². The van der Waals surface area contributed by atoms with Gasteiger partial charge in [-0.2, -0.15) is 0 Å². The second-order valence-electron chi connectivity index (χ2n) is 9.20. The van der Waals surface area contributed by atoms with Gasteiger partial charge < -0.3 is 21.7 Å². The van der Waals surface area contributed by atoms with Crippen LogP contribution < -0.4 is 21.7 Å². The number of benzene rings is 2. The van der Waals surface area contributed by atoms with E-state index < -0.39 is 0 Å². The lowest BCUT2D eigenvalue weighted by atomic mass is 10.1. The number of nitrogens with zero attached hydrogens (tertiary/aromatic N) is 2. The summed E-state index contributed by atoms with van der Waals surface area (Å²) in [6, 6.07) is 15.5. The molecule has 2 atom stereocenters. The van der Waals surface area contributed by atoms with E-state index >= 15 is 0 Å². The van der Waals surface area contributed by atoms with E-state index in [9.17, 15) is 9.59 Å². The van der Waals surface area contributed by atoms with Crippen LogP contribution in [0.2, 0.25) is 0 Å². The monoisotopic (exact) mass is 470 g/mol. The van der Waals surface area contributed by atoms with E-state index in [-0.39, 0.29) is 35.4 Å². The minimum absolute atomic E-state index is 0.00690. The van der Waals surface area contributed by atoms with Gasteiger partial charge in [-0.05, 0) is 55.5 Å². The van der Waals surface area contributed by atoms with E-state index in [1.54, 1.807) is 12.1 Å². The van der Waals surface area contributed by atoms with Crippen molar-refractivity contribution < 1.29 is 9.59 Å². The van der Waals surface area contributed by atoms with Crippen molar-refractivity contribution in [3.63, 3.8) is 0 Å². The topological polar surface area (TPSA) is 122 Å². The second-order valence-corrected chi connectivity index (χ2v) is 9.20. The normalized spacial score (nSPS) is 19.4. The Morgan fingerprint density at radius 3 is 2.80 bits per heavy atom. The summed E-state index contributed by atoms with van der Waals surface area (Å²) in [6.45, 7) is 1.68. The average Bonchev–Trinajstić information content (AvgIpc) is 3.10. The van der Waals surface area contributed by atoms with E-state index in [2.05, 4.69) is 38.1 Å². The lowest BCUT2D eigenvalue weighted by molar-refractivity contribution is 0.0925. The number of nitrogens with two attached hydrogens (primary N) is 1. The van der Waals surface area contributed by atoms with Crippen LogP contribution in [0.5, 0.6) is 0 Å². The Morgan fingerprint density at radius 2 is 1.89 bits per heavy atom. The standard InChI is InChI=1S/C27H30N6O2/c28-25-24(27(35)31-20-9-3-4-13-29-15-20)32-23(16-30-25)18-7-5-8-19(14-18)26(34)33-22-12-11-17-6-1-2-10-21(17)22/h1-2,5-8,10,14,16,20,22,29H,3-4,9,11-13,15H2,(H2,28,30)(H,31,35)(H,33,34)/t20?,22-/m0/s1. The molecule has 1 fully saturated rings. The lowest BCUT2D eigenvalue weighted by Gasteiger charge is -2.17. The molecule has 1 aliphatic carbocycles. The van der Waals surface area contributed by atoms with Gasteiger partial charge in [-0.25, -0.2) is 9.97 Å². The number of carbonyl (C=O) groups excluding carboxylic acids is 2. The number of hydrogen-bond donors (Lipinski definition) is 4. The van der Waals surface area contributed by atoms with Gasteiger partial charge >= 0.3 is 0 Å². The molecule has 5 N–H and O–H groups in total. The van der Waals surface area contributed by atoms with E-state index in [1.165, 1.54) is 17.3 Å². The van der Waals surface area contributed by atoms with Crippen LogP contribution in [0.25, 0.3) is 11.3 Å². The van der Waals surface area contributed by atoms with Crippen LogP contribution in [0.3, 0.4) is 0 Å². The molecule has 0 saturated carbocycles. The number of aromatic nitrogens is 2. The highest BCUT2D eigenvalue weighted by atomic mass is 16.2. The summed E-state index contributed by atoms with van der Waals surface area (Å²) in [5, 5.41) is 9.51. The number of nitrogen functional groups attached to an aromatic ring is 1. The molecule has 0 bridgehead atoms. The van der Waals surface area contributed by atoms with Crippen molar-refractivity contribution in [2.45, 2.75) is 44.2 Å². The summed E-state index contributed by atoms with van der Waals surface area (Å²) in [6.07, 6.45) is 6.45. The molecule has 35 heavy (non-hydrogen) atoms. The molecule has 180 valence electrons. The highest BCUT2D eigenvalue weighted by molar-refractivity contribution is 5.97. The van der Waals surface area contributed by atoms with E-state index in [0.717, 1.165) is 45.2 Å². The van der Waals surface area contributed by atoms with Crippen molar-refractivity contribution in [3.05, 3.63) is 77.1 Å². The third-order valence-electron chi connectivity index (χ3n) is 6.76. The van der Waals surface area contributed by atoms with Crippen LogP contribution in [0.1, 0.15) is 63.7 Å². The zero-order valence-electron chi connectivity index (χ0n) is 19.6. The van der Waals surface area contributed by atoms with Crippen LogP contribution in [0.4, 0.5) is 5.82 Å². The third kappa shape index (κ3) is 5.17. The van der Waals surface area contributed by atoms with Crippen molar-refractivity contribution in [1.29, 1.82) is 0 Å². The first-order valence-electron chi connectivity index (χ1n) is 12.2. The van der Waals surface area contributed by atoms with Gasteiger partial charge in [0.2, 0.25) is 0 Å². The van der Waals surface area contributed by atoms with Crippen molar-refractivity contribution in [2.24, 2.45) is 0 Å². The molecule has 1 unspecified atom stereocenters. The number of amides is 2. The van der Waals surface area contributed by atoms with Gasteiger partial charge in [0.05, 0.1) is 17.9 Å². The molecule has 2 heterocycles. The summed E-state index contributed by atoms with van der Waals surface area (Å²) in [7, 11) is 0. The minimum atomic E-state index is -0.334. The summed E-state index contributed by atoms with van der Waals surface area (Å²) in [5.41, 5.74) is 10.3. The first-order valence-corrected chi connectivity index (χ1v) is 12.2. The molecule has 0 spiro atoms. The molecule has 2 aliphatic rings. The predicted octanol–water partition coefficient (Wildman–Crippen LogP) is 3.02. The molecule has 8 nitrogen and oxygen atoms in total. The number of rotatable bonds is 5. The largest absolute Gasteiger partial charge is 0.382 e. The first kappa shape index (κ1) is 23.0. The highest BCUT2D eigenvalue weighted by Gasteiger charge is 2.24. The van der Waals surface area contributed by atoms with Crippen LogP contribution in [-0.2, 0) is 6.42 Å². The summed E-state index contributed by atoms with van der Waals surface area (Å²) >= 11 is 0. The van der Waals surface area contributed by atoms with Crippen molar-refractivity contribution in [1.82, 2.24) is 25.9 Å². The molecule has 5 rings (SSSR count). The fraction of sp³-hybridized carbons (Fsp3) is 0.333. The van der Waals surface area contributed by atoms with Crippen LogP contribution in [0.15, 0.2) is 54.7 Å². The Kier molecular flexibility index (Phi) is 6.72. The van der Waals surface area contributed by atoms with Gasteiger partial charge in [0, 0.05) is 23.7 Å². The Morgan fingerprint density at radius 1 is 1.00 bits per heavy atom. The molecule has 0 radical (unpaired) electrons. The van der Waals surface area contributed by atoms with Gasteiger partial charge in [-0.1, -0.05) is 42.8 Å². The summed E-state index contributed by atoms with van der Waals surface area (Å²) < 4.78 is 0. The number of hydrogen-bond acceptors (Lipinski definition) is 6. The number of fused-ring (bicyclic) bond motifs is 1. The fourth-order valence-corrected chi connectivity index (χ4v) is 4.87. The molecule has 8 heteroatoms. The van der Waals surface area contributed by atoms with Crippen LogP contribution >= 0.6 is 0 Å². The lowest BCUT2D eigenvalue weighted by Crippen LogP contribution is -2.41. The average molecular weight is 471 g/mol. The Labute approximate surface area is 204 Å². The Balaban J connectivity index is 1.32. The molecule has 3 aromatic rings. The van der Waals surface area contributed by atoms with Crippen LogP contribution in [-0.4, -0.2) is 40.9 Å². The maximum Gasteiger partial charge on any atom is 0.274 e. The Bertz CT molecular complexity index is 1240. The molecule has 1 aromatic heterocycles. The van der Waals surface area contributed by atoms with E-state index in [0.29, 0.717) is 16.8 Å². The van der Waals surface area contributed by atoms with Crippen molar-refractivity contribution in [3.8, 4) is 11.3 Å². The zero-order chi connectivity index (χ0) is 24.2. The van der Waals surface area contributed by atoms with Gasteiger partial charge in [0.25, 0.3) is 11.8 Å². The molecular weight excluding hydrogens is 440 g/mol. The van der Waals surface area contributed by atoms with Crippen molar-refractivity contribution in [2.75, 3.05) is 18.8 Å². The quantitative estimate of drug-likeness (QED) is 0.455. The molecular formula is C27H30N6O2. The number of aryl methyl sites for hydroxylation is 1. The van der Waals surface area contributed by atoms with Gasteiger partial charge in [0.1, 0.15) is 0 Å². The molecule has 1 aliphatic heterocycles.